The highest BCUT2D eigenvalue weighted by Gasteiger charge is 2.21. The molecule has 0 N–H and O–H groups in total. The van der Waals surface area contributed by atoms with Gasteiger partial charge in [-0.1, -0.05) is 119 Å². The van der Waals surface area contributed by atoms with Gasteiger partial charge in [-0.05, 0) is 17.7 Å². The molecule has 150 valence electrons. The van der Waals surface area contributed by atoms with Gasteiger partial charge in [-0.2, -0.15) is 0 Å². The smallest absolute Gasteiger partial charge is 0.141 e. The lowest BCUT2D eigenvalue weighted by Gasteiger charge is -2.14. The third-order valence-electron chi connectivity index (χ3n) is 5.35. The highest BCUT2D eigenvalue weighted by Crippen LogP contribution is 2.37. The van der Waals surface area contributed by atoms with Crippen LogP contribution in [0.15, 0.2) is 120 Å². The molecule has 1 heterocycles. The lowest BCUT2D eigenvalue weighted by atomic mass is 10.0. The van der Waals surface area contributed by atoms with E-state index in [0.29, 0.717) is 0 Å². The minimum absolute atomic E-state index is 0.746. The molecule has 31 heavy (non-hydrogen) atoms. The van der Waals surface area contributed by atoms with Gasteiger partial charge in [0.1, 0.15) is 5.82 Å². The minimum Gasteiger partial charge on any atom is -0.319 e. The molecule has 0 aliphatic rings. The molecular weight excluding hydrogens is 444 g/mol. The second-order valence-electron chi connectivity index (χ2n) is 7.44. The van der Waals surface area contributed by atoms with Crippen LogP contribution in [0.3, 0.4) is 0 Å². The Balaban J connectivity index is 1.79. The summed E-state index contributed by atoms with van der Waals surface area (Å²) in [6, 6.07) is 40.0. The highest BCUT2D eigenvalue weighted by atomic mass is 79.9. The molecule has 5 rings (SSSR count). The Kier molecular flexibility index (Phi) is 5.51. The molecule has 0 fully saturated rings. The number of imidazole rings is 1. The van der Waals surface area contributed by atoms with Gasteiger partial charge in [-0.3, -0.25) is 0 Å². The third kappa shape index (κ3) is 4.10. The summed E-state index contributed by atoms with van der Waals surface area (Å²) in [5, 5.41) is 0. The minimum atomic E-state index is 0.746. The molecule has 3 heteroatoms. The third-order valence-corrected chi connectivity index (χ3v) is 5.88. The number of hydrogen-bond donors (Lipinski definition) is 0. The van der Waals surface area contributed by atoms with Gasteiger partial charge in [0, 0.05) is 27.7 Å². The summed E-state index contributed by atoms with van der Waals surface area (Å²) in [6.07, 6.45) is 0. The largest absolute Gasteiger partial charge is 0.319 e. The van der Waals surface area contributed by atoms with E-state index in [-0.39, 0.29) is 0 Å². The monoisotopic (exact) mass is 464 g/mol. The predicted molar refractivity (Wildman–Crippen MR) is 132 cm³/mol. The predicted octanol–water partition coefficient (Wildman–Crippen LogP) is 7.69. The van der Waals surface area contributed by atoms with Crippen LogP contribution in [0.4, 0.5) is 0 Å². The van der Waals surface area contributed by atoms with Crippen molar-refractivity contribution in [2.24, 2.45) is 0 Å². The molecule has 0 atom stereocenters. The van der Waals surface area contributed by atoms with Crippen LogP contribution in [0.1, 0.15) is 5.56 Å². The zero-order valence-corrected chi connectivity index (χ0v) is 18.5. The van der Waals surface area contributed by atoms with Gasteiger partial charge in [0.15, 0.2) is 0 Å². The average molecular weight is 465 g/mol. The first-order chi connectivity index (χ1) is 15.3. The molecule has 0 amide bonds. The van der Waals surface area contributed by atoms with E-state index < -0.39 is 0 Å². The van der Waals surface area contributed by atoms with Gasteiger partial charge in [-0.25, -0.2) is 4.98 Å². The summed E-state index contributed by atoms with van der Waals surface area (Å²) >= 11 is 3.56. The Bertz CT molecular complexity index is 1280. The Morgan fingerprint density at radius 2 is 1.13 bits per heavy atom. The van der Waals surface area contributed by atoms with E-state index in [1.54, 1.807) is 0 Å². The number of hydrogen-bond acceptors (Lipinski definition) is 1. The summed E-state index contributed by atoms with van der Waals surface area (Å²) in [7, 11) is 0. The van der Waals surface area contributed by atoms with E-state index in [1.807, 2.05) is 6.07 Å². The van der Waals surface area contributed by atoms with Gasteiger partial charge < -0.3 is 4.57 Å². The molecule has 0 bridgehead atoms. The van der Waals surface area contributed by atoms with Crippen molar-refractivity contribution >= 4 is 15.9 Å². The summed E-state index contributed by atoms with van der Waals surface area (Å²) in [6.45, 7) is 0.746. The summed E-state index contributed by atoms with van der Waals surface area (Å²) in [4.78, 5) is 5.20. The van der Waals surface area contributed by atoms with Crippen molar-refractivity contribution in [3.63, 3.8) is 0 Å². The van der Waals surface area contributed by atoms with E-state index in [9.17, 15) is 0 Å². The maximum Gasteiger partial charge on any atom is 0.141 e. The fourth-order valence-electron chi connectivity index (χ4n) is 3.88. The van der Waals surface area contributed by atoms with E-state index in [1.165, 1.54) is 5.56 Å². The number of nitrogens with zero attached hydrogens (tertiary/aromatic N) is 2. The second-order valence-corrected chi connectivity index (χ2v) is 8.36. The summed E-state index contributed by atoms with van der Waals surface area (Å²) < 4.78 is 3.40. The van der Waals surface area contributed by atoms with Crippen LogP contribution in [-0.4, -0.2) is 9.55 Å². The first kappa shape index (κ1) is 19.5. The average Bonchev–Trinajstić information content (AvgIpc) is 3.20. The van der Waals surface area contributed by atoms with Crippen molar-refractivity contribution in [3.05, 3.63) is 125 Å². The van der Waals surface area contributed by atoms with Crippen molar-refractivity contribution in [1.29, 1.82) is 0 Å². The second kappa shape index (κ2) is 8.75. The van der Waals surface area contributed by atoms with Gasteiger partial charge >= 0.3 is 0 Å². The lowest BCUT2D eigenvalue weighted by Crippen LogP contribution is -2.04. The summed E-state index contributed by atoms with van der Waals surface area (Å²) in [5.41, 5.74) is 6.75. The van der Waals surface area contributed by atoms with Crippen molar-refractivity contribution in [2.75, 3.05) is 0 Å². The van der Waals surface area contributed by atoms with E-state index >= 15 is 0 Å². The molecule has 2 nitrogen and oxygen atoms in total. The van der Waals surface area contributed by atoms with Crippen molar-refractivity contribution in [3.8, 4) is 33.9 Å². The standard InChI is InChI=1S/C28H21BrN2/c29-25-18-16-24(17-19-25)28-30-26(22-12-6-2-7-13-22)27(23-14-8-3-9-15-23)31(28)20-21-10-4-1-5-11-21/h1-19H,20H2. The maximum absolute atomic E-state index is 5.20. The normalized spacial score (nSPS) is 10.9. The van der Waals surface area contributed by atoms with E-state index in [0.717, 1.165) is 44.9 Å². The Labute approximate surface area is 191 Å². The summed E-state index contributed by atoms with van der Waals surface area (Å²) in [5.74, 6) is 0.967. The number of aromatic nitrogens is 2. The first-order valence-electron chi connectivity index (χ1n) is 10.3. The van der Waals surface area contributed by atoms with Crippen LogP contribution >= 0.6 is 15.9 Å². The van der Waals surface area contributed by atoms with Gasteiger partial charge in [-0.15, -0.1) is 0 Å². The van der Waals surface area contributed by atoms with E-state index in [4.69, 9.17) is 4.98 Å². The van der Waals surface area contributed by atoms with Crippen LogP contribution in [0.25, 0.3) is 33.9 Å². The van der Waals surface area contributed by atoms with Crippen LogP contribution in [0, 0.1) is 0 Å². The Hall–Kier alpha value is -3.43. The lowest BCUT2D eigenvalue weighted by molar-refractivity contribution is 0.814. The fraction of sp³-hybridized carbons (Fsp3) is 0.0357. The number of halogens is 1. The Morgan fingerprint density at radius 1 is 0.581 bits per heavy atom. The highest BCUT2D eigenvalue weighted by molar-refractivity contribution is 9.10. The van der Waals surface area contributed by atoms with Crippen molar-refractivity contribution in [2.45, 2.75) is 6.54 Å². The molecule has 0 spiro atoms. The van der Waals surface area contributed by atoms with Gasteiger partial charge in [0.25, 0.3) is 0 Å². The molecule has 0 saturated heterocycles. The van der Waals surface area contributed by atoms with Crippen molar-refractivity contribution < 1.29 is 0 Å². The zero-order valence-electron chi connectivity index (χ0n) is 16.9. The van der Waals surface area contributed by atoms with Gasteiger partial charge in [0.2, 0.25) is 0 Å². The molecule has 0 unspecified atom stereocenters. The topological polar surface area (TPSA) is 17.8 Å². The molecule has 0 aliphatic carbocycles. The van der Waals surface area contributed by atoms with Crippen LogP contribution in [-0.2, 0) is 6.54 Å². The molecule has 0 radical (unpaired) electrons. The molecular formula is C28H21BrN2. The fourth-order valence-corrected chi connectivity index (χ4v) is 4.14. The SMILES string of the molecule is Brc1ccc(-c2nc(-c3ccccc3)c(-c3ccccc3)n2Cc2ccccc2)cc1. The number of rotatable bonds is 5. The first-order valence-corrected chi connectivity index (χ1v) is 11.1. The van der Waals surface area contributed by atoms with Crippen LogP contribution in [0.2, 0.25) is 0 Å². The Morgan fingerprint density at radius 3 is 1.74 bits per heavy atom. The molecule has 5 aromatic rings. The van der Waals surface area contributed by atoms with E-state index in [2.05, 4.69) is 130 Å². The van der Waals surface area contributed by atoms with Crippen LogP contribution in [0.5, 0.6) is 0 Å². The molecule has 0 saturated carbocycles. The molecule has 1 aromatic heterocycles. The quantitative estimate of drug-likeness (QED) is 0.260. The van der Waals surface area contributed by atoms with Crippen LogP contribution < -0.4 is 0 Å². The molecule has 4 aromatic carbocycles. The zero-order chi connectivity index (χ0) is 21.0. The molecule has 0 aliphatic heterocycles. The number of benzene rings is 4. The maximum atomic E-state index is 5.20. The van der Waals surface area contributed by atoms with Crippen molar-refractivity contribution in [1.82, 2.24) is 9.55 Å². The van der Waals surface area contributed by atoms with Gasteiger partial charge in [0.05, 0.1) is 11.4 Å².